The van der Waals surface area contributed by atoms with Gasteiger partial charge in [0.2, 0.25) is 5.91 Å². The van der Waals surface area contributed by atoms with Crippen LogP contribution in [0.15, 0.2) is 36.5 Å². The van der Waals surface area contributed by atoms with Crippen molar-refractivity contribution in [3.63, 3.8) is 0 Å². The molecule has 0 atom stereocenters. The Kier molecular flexibility index (Phi) is 5.40. The molecular formula is C17H19FN4O4S. The van der Waals surface area contributed by atoms with Crippen molar-refractivity contribution < 1.29 is 22.3 Å². The van der Waals surface area contributed by atoms with Gasteiger partial charge in [-0.1, -0.05) is 12.1 Å². The van der Waals surface area contributed by atoms with Gasteiger partial charge in [-0.2, -0.15) is 8.42 Å². The summed E-state index contributed by atoms with van der Waals surface area (Å²) < 4.78 is 44.7. The summed E-state index contributed by atoms with van der Waals surface area (Å²) in [5.41, 5.74) is 6.44. The zero-order chi connectivity index (χ0) is 19.6. The second-order valence-electron chi connectivity index (χ2n) is 6.33. The van der Waals surface area contributed by atoms with E-state index >= 15 is 4.39 Å². The molecule has 1 aliphatic heterocycles. The first-order valence-electron chi connectivity index (χ1n) is 8.16. The highest BCUT2D eigenvalue weighted by atomic mass is 32.2. The number of benzene rings is 1. The van der Waals surface area contributed by atoms with Gasteiger partial charge in [-0.05, 0) is 29.3 Å². The summed E-state index contributed by atoms with van der Waals surface area (Å²) in [5, 5.41) is 5.26. The molecule has 0 bridgehead atoms. The van der Waals surface area contributed by atoms with Crippen molar-refractivity contribution in [3.05, 3.63) is 59.0 Å². The SMILES string of the molecule is NC(=O)c1cccc(Cc2ccnc(N(CC3COC3)S(N)(=O)=O)c2F)c1. The Bertz CT molecular complexity index is 963. The van der Waals surface area contributed by atoms with Crippen LogP contribution in [-0.4, -0.2) is 39.1 Å². The number of pyridine rings is 1. The summed E-state index contributed by atoms with van der Waals surface area (Å²) in [6.45, 7) is 0.754. The van der Waals surface area contributed by atoms with E-state index in [-0.39, 0.29) is 30.3 Å². The molecule has 1 saturated heterocycles. The van der Waals surface area contributed by atoms with Crippen molar-refractivity contribution in [2.24, 2.45) is 16.8 Å². The van der Waals surface area contributed by atoms with Crippen LogP contribution in [0.2, 0.25) is 0 Å². The average molecular weight is 394 g/mol. The first kappa shape index (κ1) is 19.2. The lowest BCUT2D eigenvalue weighted by Gasteiger charge is -2.31. The molecule has 4 N–H and O–H groups in total. The minimum Gasteiger partial charge on any atom is -0.381 e. The number of hydrogen-bond acceptors (Lipinski definition) is 5. The van der Waals surface area contributed by atoms with Gasteiger partial charge in [0, 0.05) is 30.6 Å². The van der Waals surface area contributed by atoms with Gasteiger partial charge >= 0.3 is 0 Å². The number of carbonyl (C=O) groups excluding carboxylic acids is 1. The van der Waals surface area contributed by atoms with Crippen molar-refractivity contribution in [3.8, 4) is 0 Å². The summed E-state index contributed by atoms with van der Waals surface area (Å²) in [7, 11) is -4.21. The van der Waals surface area contributed by atoms with Gasteiger partial charge in [0.15, 0.2) is 11.6 Å². The van der Waals surface area contributed by atoms with Crippen LogP contribution in [0.1, 0.15) is 21.5 Å². The molecule has 3 rings (SSSR count). The number of ether oxygens (including phenoxy) is 1. The fraction of sp³-hybridized carbons (Fsp3) is 0.294. The lowest BCUT2D eigenvalue weighted by Crippen LogP contribution is -2.46. The number of amides is 1. The maximum absolute atomic E-state index is 15.0. The molecule has 0 unspecified atom stereocenters. The summed E-state index contributed by atoms with van der Waals surface area (Å²) >= 11 is 0. The molecule has 27 heavy (non-hydrogen) atoms. The van der Waals surface area contributed by atoms with E-state index in [1.54, 1.807) is 24.3 Å². The van der Waals surface area contributed by atoms with E-state index in [1.807, 2.05) is 0 Å². The molecule has 10 heteroatoms. The zero-order valence-electron chi connectivity index (χ0n) is 14.3. The van der Waals surface area contributed by atoms with Gasteiger partial charge < -0.3 is 10.5 Å². The molecule has 1 aromatic carbocycles. The monoisotopic (exact) mass is 394 g/mol. The van der Waals surface area contributed by atoms with Crippen molar-refractivity contribution in [1.82, 2.24) is 4.98 Å². The predicted octanol–water partition coefficient (Wildman–Crippen LogP) is 0.567. The van der Waals surface area contributed by atoms with Crippen LogP contribution in [0.3, 0.4) is 0 Å². The molecule has 0 saturated carbocycles. The first-order chi connectivity index (χ1) is 12.8. The van der Waals surface area contributed by atoms with E-state index in [1.165, 1.54) is 12.3 Å². The van der Waals surface area contributed by atoms with Gasteiger partial charge in [0.25, 0.3) is 10.2 Å². The number of rotatable bonds is 7. The Morgan fingerprint density at radius 1 is 1.33 bits per heavy atom. The smallest absolute Gasteiger partial charge is 0.300 e. The Morgan fingerprint density at radius 2 is 2.07 bits per heavy atom. The van der Waals surface area contributed by atoms with Crippen LogP contribution >= 0.6 is 0 Å². The Morgan fingerprint density at radius 3 is 2.67 bits per heavy atom. The van der Waals surface area contributed by atoms with E-state index in [9.17, 15) is 13.2 Å². The van der Waals surface area contributed by atoms with Gasteiger partial charge in [-0.3, -0.25) is 4.79 Å². The van der Waals surface area contributed by atoms with Crippen LogP contribution in [0.5, 0.6) is 0 Å². The molecule has 1 amide bonds. The molecule has 144 valence electrons. The number of anilines is 1. The fourth-order valence-corrected chi connectivity index (χ4v) is 3.56. The standard InChI is InChI=1S/C17H19FN4O4S/c18-15-13(6-11-2-1-3-14(7-11)16(19)23)4-5-21-17(15)22(27(20,24)25)8-12-9-26-10-12/h1-5,7,12H,6,8-10H2,(H2,19,23)(H2,20,24,25). The molecule has 0 spiro atoms. The Hall–Kier alpha value is -2.56. The molecule has 8 nitrogen and oxygen atoms in total. The minimum atomic E-state index is -4.21. The van der Waals surface area contributed by atoms with Crippen molar-refractivity contribution in [2.75, 3.05) is 24.1 Å². The summed E-state index contributed by atoms with van der Waals surface area (Å²) in [5.74, 6) is -1.79. The zero-order valence-corrected chi connectivity index (χ0v) is 15.2. The average Bonchev–Trinajstić information content (AvgIpc) is 2.55. The molecule has 0 aliphatic carbocycles. The second kappa shape index (κ2) is 7.59. The highest BCUT2D eigenvalue weighted by molar-refractivity contribution is 7.90. The van der Waals surface area contributed by atoms with Crippen molar-refractivity contribution in [1.29, 1.82) is 0 Å². The Labute approximate surface area is 156 Å². The fourth-order valence-electron chi connectivity index (χ4n) is 2.77. The highest BCUT2D eigenvalue weighted by Crippen LogP contribution is 2.25. The lowest BCUT2D eigenvalue weighted by molar-refractivity contribution is -0.0263. The van der Waals surface area contributed by atoms with Crippen LogP contribution in [0.25, 0.3) is 0 Å². The Balaban J connectivity index is 1.92. The third-order valence-electron chi connectivity index (χ3n) is 4.23. The van der Waals surface area contributed by atoms with Crippen LogP contribution in [0.4, 0.5) is 10.2 Å². The van der Waals surface area contributed by atoms with E-state index in [2.05, 4.69) is 4.98 Å². The summed E-state index contributed by atoms with van der Waals surface area (Å²) in [6, 6.07) is 7.93. The maximum Gasteiger partial charge on any atom is 0.300 e. The third-order valence-corrected chi connectivity index (χ3v) is 5.17. The molecule has 1 aliphatic rings. The van der Waals surface area contributed by atoms with Gasteiger partial charge in [-0.25, -0.2) is 18.8 Å². The lowest BCUT2D eigenvalue weighted by atomic mass is 10.0. The highest BCUT2D eigenvalue weighted by Gasteiger charge is 2.30. The molecule has 2 heterocycles. The largest absolute Gasteiger partial charge is 0.381 e. The number of aromatic nitrogens is 1. The van der Waals surface area contributed by atoms with E-state index in [0.717, 1.165) is 4.31 Å². The molecule has 2 aromatic rings. The first-order valence-corrected chi connectivity index (χ1v) is 9.66. The molecule has 1 aromatic heterocycles. The van der Waals surface area contributed by atoms with Crippen LogP contribution in [-0.2, 0) is 21.4 Å². The number of nitrogens with zero attached hydrogens (tertiary/aromatic N) is 2. The van der Waals surface area contributed by atoms with Crippen molar-refractivity contribution in [2.45, 2.75) is 6.42 Å². The number of halogens is 1. The third kappa shape index (κ3) is 4.41. The summed E-state index contributed by atoms with van der Waals surface area (Å²) in [4.78, 5) is 15.2. The molecular weight excluding hydrogens is 375 g/mol. The molecule has 1 fully saturated rings. The van der Waals surface area contributed by atoms with Gasteiger partial charge in [0.1, 0.15) is 0 Å². The van der Waals surface area contributed by atoms with E-state index in [4.69, 9.17) is 15.6 Å². The topological polar surface area (TPSA) is 129 Å². The van der Waals surface area contributed by atoms with Crippen LogP contribution in [0, 0.1) is 11.7 Å². The maximum atomic E-state index is 15.0. The van der Waals surface area contributed by atoms with E-state index < -0.39 is 21.9 Å². The number of hydrogen-bond donors (Lipinski definition) is 2. The summed E-state index contributed by atoms with van der Waals surface area (Å²) in [6.07, 6.45) is 1.45. The van der Waals surface area contributed by atoms with Gasteiger partial charge in [-0.15, -0.1) is 0 Å². The minimum absolute atomic E-state index is 0.0105. The quantitative estimate of drug-likeness (QED) is 0.709. The number of primary amides is 1. The van der Waals surface area contributed by atoms with Crippen LogP contribution < -0.4 is 15.2 Å². The number of carbonyl (C=O) groups is 1. The van der Waals surface area contributed by atoms with Crippen molar-refractivity contribution >= 4 is 21.9 Å². The predicted molar refractivity (Wildman–Crippen MR) is 96.7 cm³/mol. The second-order valence-corrected chi connectivity index (χ2v) is 7.80. The number of nitrogens with two attached hydrogens (primary N) is 2. The molecule has 0 radical (unpaired) electrons. The van der Waals surface area contributed by atoms with Gasteiger partial charge in [0.05, 0.1) is 13.2 Å². The normalized spacial score (nSPS) is 14.6. The van der Waals surface area contributed by atoms with E-state index in [0.29, 0.717) is 24.3 Å².